The SMILES string of the molecule is Cc1ccc(F)c(C2CC(CN)CN2C)c1F. The fourth-order valence-corrected chi connectivity index (χ4v) is 2.60. The Balaban J connectivity index is 2.37. The van der Waals surface area contributed by atoms with Crippen LogP contribution in [0.3, 0.4) is 0 Å². The summed E-state index contributed by atoms with van der Waals surface area (Å²) in [5, 5.41) is 0. The van der Waals surface area contributed by atoms with E-state index in [1.54, 1.807) is 6.92 Å². The van der Waals surface area contributed by atoms with E-state index in [-0.39, 0.29) is 11.6 Å². The average molecular weight is 240 g/mol. The molecule has 2 N–H and O–H groups in total. The van der Waals surface area contributed by atoms with E-state index >= 15 is 0 Å². The molecule has 17 heavy (non-hydrogen) atoms. The van der Waals surface area contributed by atoms with Gasteiger partial charge >= 0.3 is 0 Å². The van der Waals surface area contributed by atoms with Crippen LogP contribution in [0.5, 0.6) is 0 Å². The second-order valence-electron chi connectivity index (χ2n) is 4.88. The van der Waals surface area contributed by atoms with Crippen molar-refractivity contribution in [3.8, 4) is 0 Å². The van der Waals surface area contributed by atoms with Crippen LogP contribution in [0.2, 0.25) is 0 Å². The molecule has 0 radical (unpaired) electrons. The first kappa shape index (κ1) is 12.5. The first-order chi connectivity index (χ1) is 8.04. The zero-order valence-corrected chi connectivity index (χ0v) is 10.2. The zero-order valence-electron chi connectivity index (χ0n) is 10.2. The Morgan fingerprint density at radius 3 is 2.71 bits per heavy atom. The van der Waals surface area contributed by atoms with Crippen molar-refractivity contribution in [3.05, 3.63) is 34.9 Å². The van der Waals surface area contributed by atoms with Crippen LogP contribution in [-0.4, -0.2) is 25.0 Å². The summed E-state index contributed by atoms with van der Waals surface area (Å²) in [7, 11) is 1.89. The van der Waals surface area contributed by atoms with Crippen LogP contribution < -0.4 is 5.73 Å². The Morgan fingerprint density at radius 1 is 1.41 bits per heavy atom. The predicted octanol–water partition coefficient (Wildman–Crippen LogP) is 2.22. The minimum absolute atomic E-state index is 0.191. The molecule has 0 saturated carbocycles. The van der Waals surface area contributed by atoms with Crippen molar-refractivity contribution < 1.29 is 8.78 Å². The first-order valence-corrected chi connectivity index (χ1v) is 5.89. The van der Waals surface area contributed by atoms with E-state index in [1.165, 1.54) is 12.1 Å². The molecular formula is C13H18F2N2. The molecule has 0 aromatic heterocycles. The van der Waals surface area contributed by atoms with Crippen LogP contribution in [0, 0.1) is 24.5 Å². The molecule has 1 aromatic rings. The predicted molar refractivity (Wildman–Crippen MR) is 63.6 cm³/mol. The number of benzene rings is 1. The van der Waals surface area contributed by atoms with Gasteiger partial charge in [-0.25, -0.2) is 8.78 Å². The minimum atomic E-state index is -0.456. The molecule has 4 heteroatoms. The van der Waals surface area contributed by atoms with Gasteiger partial charge in [0.1, 0.15) is 11.6 Å². The normalized spacial score (nSPS) is 25.5. The summed E-state index contributed by atoms with van der Waals surface area (Å²) in [6.07, 6.45) is 0.726. The van der Waals surface area contributed by atoms with Gasteiger partial charge in [-0.2, -0.15) is 0 Å². The number of hydrogen-bond donors (Lipinski definition) is 1. The van der Waals surface area contributed by atoms with Crippen LogP contribution in [0.25, 0.3) is 0 Å². The largest absolute Gasteiger partial charge is 0.330 e. The lowest BCUT2D eigenvalue weighted by atomic mass is 9.97. The van der Waals surface area contributed by atoms with E-state index in [0.717, 1.165) is 13.0 Å². The lowest BCUT2D eigenvalue weighted by molar-refractivity contribution is 0.298. The van der Waals surface area contributed by atoms with Gasteiger partial charge in [0.25, 0.3) is 0 Å². The van der Waals surface area contributed by atoms with Crippen LogP contribution in [0.15, 0.2) is 12.1 Å². The van der Waals surface area contributed by atoms with Gasteiger partial charge in [0.15, 0.2) is 0 Å². The van der Waals surface area contributed by atoms with Gasteiger partial charge in [0.05, 0.1) is 0 Å². The molecule has 1 aromatic carbocycles. The summed E-state index contributed by atoms with van der Waals surface area (Å²) in [5.41, 5.74) is 6.32. The van der Waals surface area contributed by atoms with Crippen molar-refractivity contribution in [2.75, 3.05) is 20.1 Å². The maximum absolute atomic E-state index is 14.0. The highest BCUT2D eigenvalue weighted by Crippen LogP contribution is 2.36. The fraction of sp³-hybridized carbons (Fsp3) is 0.538. The molecule has 0 bridgehead atoms. The number of halogens is 2. The summed E-state index contributed by atoms with van der Waals surface area (Å²) in [6.45, 7) is 3.03. The third-order valence-corrected chi connectivity index (χ3v) is 3.62. The van der Waals surface area contributed by atoms with Crippen molar-refractivity contribution in [1.29, 1.82) is 0 Å². The summed E-state index contributed by atoms with van der Waals surface area (Å²) in [5.74, 6) is -0.550. The van der Waals surface area contributed by atoms with Crippen molar-refractivity contribution >= 4 is 0 Å². The van der Waals surface area contributed by atoms with E-state index in [1.807, 2.05) is 11.9 Å². The Labute approximate surface area is 100 Å². The summed E-state index contributed by atoms with van der Waals surface area (Å²) < 4.78 is 27.8. The number of nitrogens with two attached hydrogens (primary N) is 1. The standard InChI is InChI=1S/C13H18F2N2/c1-8-3-4-10(14)12(13(8)15)11-5-9(6-16)7-17(11)2/h3-4,9,11H,5-7,16H2,1-2H3. The fourth-order valence-electron chi connectivity index (χ4n) is 2.60. The lowest BCUT2D eigenvalue weighted by Crippen LogP contribution is -2.21. The van der Waals surface area contributed by atoms with Crippen molar-refractivity contribution in [3.63, 3.8) is 0 Å². The Hall–Kier alpha value is -1.00. The quantitative estimate of drug-likeness (QED) is 0.859. The number of likely N-dealkylation sites (tertiary alicyclic amines) is 1. The topological polar surface area (TPSA) is 29.3 Å². The summed E-state index contributed by atoms with van der Waals surface area (Å²) in [6, 6.07) is 2.63. The van der Waals surface area contributed by atoms with Crippen molar-refractivity contribution in [1.82, 2.24) is 4.90 Å². The molecule has 1 heterocycles. The van der Waals surface area contributed by atoms with E-state index in [0.29, 0.717) is 18.0 Å². The van der Waals surface area contributed by atoms with E-state index in [9.17, 15) is 8.78 Å². The molecule has 1 aliphatic heterocycles. The van der Waals surface area contributed by atoms with Crippen molar-refractivity contribution in [2.24, 2.45) is 11.7 Å². The highest BCUT2D eigenvalue weighted by molar-refractivity contribution is 5.30. The van der Waals surface area contributed by atoms with Gasteiger partial charge in [-0.1, -0.05) is 6.07 Å². The van der Waals surface area contributed by atoms with Gasteiger partial charge < -0.3 is 5.73 Å². The van der Waals surface area contributed by atoms with E-state index < -0.39 is 11.6 Å². The second kappa shape index (κ2) is 4.70. The third kappa shape index (κ3) is 2.19. The molecule has 2 atom stereocenters. The van der Waals surface area contributed by atoms with Gasteiger partial charge in [-0.3, -0.25) is 4.90 Å². The molecule has 2 rings (SSSR count). The minimum Gasteiger partial charge on any atom is -0.330 e. The van der Waals surface area contributed by atoms with Crippen molar-refractivity contribution in [2.45, 2.75) is 19.4 Å². The second-order valence-corrected chi connectivity index (χ2v) is 4.88. The summed E-state index contributed by atoms with van der Waals surface area (Å²) in [4.78, 5) is 1.98. The molecule has 1 fully saturated rings. The summed E-state index contributed by atoms with van der Waals surface area (Å²) >= 11 is 0. The maximum Gasteiger partial charge on any atom is 0.133 e. The Kier molecular flexibility index (Phi) is 3.45. The van der Waals surface area contributed by atoms with Crippen LogP contribution in [0.1, 0.15) is 23.6 Å². The number of hydrogen-bond acceptors (Lipinski definition) is 2. The first-order valence-electron chi connectivity index (χ1n) is 5.89. The molecule has 94 valence electrons. The Bertz CT molecular complexity index is 420. The zero-order chi connectivity index (χ0) is 12.6. The molecular weight excluding hydrogens is 222 g/mol. The van der Waals surface area contributed by atoms with Gasteiger partial charge in [-0.05, 0) is 44.5 Å². The molecule has 0 spiro atoms. The highest BCUT2D eigenvalue weighted by Gasteiger charge is 2.33. The third-order valence-electron chi connectivity index (χ3n) is 3.62. The Morgan fingerprint density at radius 2 is 2.12 bits per heavy atom. The maximum atomic E-state index is 14.0. The number of nitrogens with zero attached hydrogens (tertiary/aromatic N) is 1. The average Bonchev–Trinajstić information content (AvgIpc) is 2.66. The molecule has 2 unspecified atom stereocenters. The number of rotatable bonds is 2. The van der Waals surface area contributed by atoms with Crippen LogP contribution >= 0.6 is 0 Å². The molecule has 1 saturated heterocycles. The van der Waals surface area contributed by atoms with Crippen LogP contribution in [-0.2, 0) is 0 Å². The monoisotopic (exact) mass is 240 g/mol. The van der Waals surface area contributed by atoms with E-state index in [2.05, 4.69) is 0 Å². The highest BCUT2D eigenvalue weighted by atomic mass is 19.1. The lowest BCUT2D eigenvalue weighted by Gasteiger charge is -2.21. The molecule has 0 aliphatic carbocycles. The molecule has 0 amide bonds. The molecule has 1 aliphatic rings. The molecule has 2 nitrogen and oxygen atoms in total. The van der Waals surface area contributed by atoms with Gasteiger partial charge in [-0.15, -0.1) is 0 Å². The number of aryl methyl sites for hydroxylation is 1. The van der Waals surface area contributed by atoms with Gasteiger partial charge in [0.2, 0.25) is 0 Å². The van der Waals surface area contributed by atoms with E-state index in [4.69, 9.17) is 5.73 Å². The van der Waals surface area contributed by atoms with Crippen LogP contribution in [0.4, 0.5) is 8.78 Å². The smallest absolute Gasteiger partial charge is 0.133 e. The van der Waals surface area contributed by atoms with Gasteiger partial charge in [0, 0.05) is 18.2 Å².